The summed E-state index contributed by atoms with van der Waals surface area (Å²) in [5.41, 5.74) is 0.818. The Labute approximate surface area is 175 Å². The topological polar surface area (TPSA) is 72.3 Å². The summed E-state index contributed by atoms with van der Waals surface area (Å²) in [7, 11) is 0. The molecule has 2 unspecified atom stereocenters. The number of anilines is 1. The monoisotopic (exact) mass is 405 g/mol. The summed E-state index contributed by atoms with van der Waals surface area (Å²) in [5, 5.41) is 12.3. The summed E-state index contributed by atoms with van der Waals surface area (Å²) in [6, 6.07) is 13.1. The number of halogens is 1. The molecule has 3 fully saturated rings. The third kappa shape index (κ3) is 3.31. The quantitative estimate of drug-likeness (QED) is 0.828. The van der Waals surface area contributed by atoms with E-state index >= 15 is 0 Å². The molecule has 2 atom stereocenters. The van der Waals surface area contributed by atoms with E-state index in [9.17, 15) is 9.18 Å². The number of carbonyl (C=O) groups is 1. The fourth-order valence-corrected chi connectivity index (χ4v) is 4.96. The second-order valence-electron chi connectivity index (χ2n) is 8.52. The first-order valence-electron chi connectivity index (χ1n) is 10.5. The van der Waals surface area contributed by atoms with Crippen LogP contribution in [0, 0.1) is 17.1 Å². The van der Waals surface area contributed by atoms with Crippen molar-refractivity contribution < 1.29 is 9.18 Å². The molecule has 2 aromatic rings. The lowest BCUT2D eigenvalue weighted by Crippen LogP contribution is -2.57. The Morgan fingerprint density at radius 1 is 1.20 bits per heavy atom. The average Bonchev–Trinajstić information content (AvgIpc) is 3.51. The van der Waals surface area contributed by atoms with Gasteiger partial charge in [-0.25, -0.2) is 9.37 Å². The van der Waals surface area contributed by atoms with Gasteiger partial charge in [0.05, 0.1) is 12.1 Å². The Morgan fingerprint density at radius 3 is 2.53 bits per heavy atom. The molecule has 1 amide bonds. The van der Waals surface area contributed by atoms with Crippen LogP contribution in [0.25, 0.3) is 0 Å². The molecule has 2 bridgehead atoms. The zero-order chi connectivity index (χ0) is 20.7. The van der Waals surface area contributed by atoms with Crippen molar-refractivity contribution >= 4 is 11.7 Å². The van der Waals surface area contributed by atoms with Gasteiger partial charge in [0.2, 0.25) is 5.91 Å². The SMILES string of the molecule is N#Cc1ccc(N2C3CCC2CN(C(=O)CNC2(c4ccccc4F)CC2)C3)nc1. The predicted octanol–water partition coefficient (Wildman–Crippen LogP) is 2.55. The van der Waals surface area contributed by atoms with Gasteiger partial charge in [-0.2, -0.15) is 5.26 Å². The van der Waals surface area contributed by atoms with Crippen molar-refractivity contribution in [2.75, 3.05) is 24.5 Å². The lowest BCUT2D eigenvalue weighted by molar-refractivity contribution is -0.131. The summed E-state index contributed by atoms with van der Waals surface area (Å²) >= 11 is 0. The number of pyridine rings is 1. The molecular formula is C23H24FN5O. The fourth-order valence-electron chi connectivity index (χ4n) is 4.96. The third-order valence-electron chi connectivity index (χ3n) is 6.69. The first-order chi connectivity index (χ1) is 14.6. The second kappa shape index (κ2) is 7.37. The van der Waals surface area contributed by atoms with Crippen LogP contribution >= 0.6 is 0 Å². The molecule has 1 saturated carbocycles. The van der Waals surface area contributed by atoms with Gasteiger partial charge in [0.1, 0.15) is 17.7 Å². The van der Waals surface area contributed by atoms with Crippen molar-refractivity contribution in [3.05, 3.63) is 59.5 Å². The Hall–Kier alpha value is -2.98. The molecular weight excluding hydrogens is 381 g/mol. The van der Waals surface area contributed by atoms with Gasteiger partial charge in [0.15, 0.2) is 0 Å². The number of hydrogen-bond acceptors (Lipinski definition) is 5. The molecule has 30 heavy (non-hydrogen) atoms. The van der Waals surface area contributed by atoms with Gasteiger partial charge in [-0.05, 0) is 43.9 Å². The molecule has 1 aliphatic carbocycles. The largest absolute Gasteiger partial charge is 0.347 e. The molecule has 1 aromatic carbocycles. The Kier molecular flexibility index (Phi) is 4.67. The van der Waals surface area contributed by atoms with Gasteiger partial charge in [-0.1, -0.05) is 18.2 Å². The lowest BCUT2D eigenvalue weighted by atomic mass is 10.0. The van der Waals surface area contributed by atoms with Gasteiger partial charge in [0, 0.05) is 42.5 Å². The fraction of sp³-hybridized carbons (Fsp3) is 0.435. The molecule has 2 saturated heterocycles. The van der Waals surface area contributed by atoms with E-state index in [1.807, 2.05) is 23.1 Å². The highest BCUT2D eigenvalue weighted by molar-refractivity contribution is 5.79. The van der Waals surface area contributed by atoms with E-state index in [2.05, 4.69) is 21.3 Å². The average molecular weight is 405 g/mol. The number of nitrogens with one attached hydrogen (secondary N) is 1. The smallest absolute Gasteiger partial charge is 0.236 e. The van der Waals surface area contributed by atoms with Crippen molar-refractivity contribution in [3.63, 3.8) is 0 Å². The maximum atomic E-state index is 14.2. The van der Waals surface area contributed by atoms with Crippen LogP contribution in [-0.2, 0) is 10.3 Å². The van der Waals surface area contributed by atoms with E-state index in [1.54, 1.807) is 18.3 Å². The summed E-state index contributed by atoms with van der Waals surface area (Å²) in [4.78, 5) is 21.6. The van der Waals surface area contributed by atoms with Gasteiger partial charge in [-0.3, -0.25) is 10.1 Å². The summed E-state index contributed by atoms with van der Waals surface area (Å²) in [6.45, 7) is 1.57. The van der Waals surface area contributed by atoms with Gasteiger partial charge in [-0.15, -0.1) is 0 Å². The molecule has 0 spiro atoms. The lowest BCUT2D eigenvalue weighted by Gasteiger charge is -2.42. The van der Waals surface area contributed by atoms with E-state index < -0.39 is 5.54 Å². The minimum atomic E-state index is -0.395. The molecule has 2 aliphatic heterocycles. The number of likely N-dealkylation sites (tertiary alicyclic amines) is 1. The van der Waals surface area contributed by atoms with Crippen molar-refractivity contribution in [1.29, 1.82) is 5.26 Å². The summed E-state index contributed by atoms with van der Waals surface area (Å²) < 4.78 is 14.2. The van der Waals surface area contributed by atoms with Crippen LogP contribution in [0.15, 0.2) is 42.6 Å². The molecule has 3 heterocycles. The standard InChI is InChI=1S/C23H24FN5O/c24-20-4-2-1-3-19(20)23(9-10-23)27-13-22(30)28-14-17-6-7-18(15-28)29(17)21-8-5-16(11-25)12-26-21/h1-5,8,12,17-18,27H,6-7,9-10,13-15H2. The number of hydrogen-bond donors (Lipinski definition) is 1. The molecule has 1 aromatic heterocycles. The van der Waals surface area contributed by atoms with Crippen LogP contribution in [0.4, 0.5) is 10.2 Å². The maximum Gasteiger partial charge on any atom is 0.236 e. The predicted molar refractivity (Wildman–Crippen MR) is 110 cm³/mol. The zero-order valence-corrected chi connectivity index (χ0v) is 16.7. The number of carbonyl (C=O) groups excluding carboxylic acids is 1. The van der Waals surface area contributed by atoms with E-state index in [0.717, 1.165) is 31.5 Å². The molecule has 6 nitrogen and oxygen atoms in total. The zero-order valence-electron chi connectivity index (χ0n) is 16.7. The minimum Gasteiger partial charge on any atom is -0.347 e. The van der Waals surface area contributed by atoms with Gasteiger partial charge >= 0.3 is 0 Å². The number of amides is 1. The van der Waals surface area contributed by atoms with Crippen LogP contribution < -0.4 is 10.2 Å². The number of nitriles is 1. The van der Waals surface area contributed by atoms with E-state index in [1.165, 1.54) is 6.07 Å². The summed E-state index contributed by atoms with van der Waals surface area (Å²) in [6.07, 6.45) is 5.37. The number of piperazine rings is 1. The highest BCUT2D eigenvalue weighted by Crippen LogP contribution is 2.46. The van der Waals surface area contributed by atoms with Crippen LogP contribution in [0.1, 0.15) is 36.8 Å². The first-order valence-corrected chi connectivity index (χ1v) is 10.5. The van der Waals surface area contributed by atoms with Gasteiger partial charge < -0.3 is 9.80 Å². The van der Waals surface area contributed by atoms with Gasteiger partial charge in [0.25, 0.3) is 0 Å². The van der Waals surface area contributed by atoms with E-state index in [4.69, 9.17) is 5.26 Å². The molecule has 1 N–H and O–H groups in total. The Bertz CT molecular complexity index is 983. The molecule has 0 radical (unpaired) electrons. The molecule has 5 rings (SSSR count). The van der Waals surface area contributed by atoms with Crippen LogP contribution in [0.3, 0.4) is 0 Å². The molecule has 3 aliphatic rings. The highest BCUT2D eigenvalue weighted by Gasteiger charge is 2.47. The number of fused-ring (bicyclic) bond motifs is 2. The highest BCUT2D eigenvalue weighted by atomic mass is 19.1. The van der Waals surface area contributed by atoms with E-state index in [0.29, 0.717) is 24.2 Å². The van der Waals surface area contributed by atoms with Crippen molar-refractivity contribution in [2.24, 2.45) is 0 Å². The number of rotatable bonds is 5. The van der Waals surface area contributed by atoms with Crippen LogP contribution in [0.5, 0.6) is 0 Å². The summed E-state index contributed by atoms with van der Waals surface area (Å²) in [5.74, 6) is 0.738. The van der Waals surface area contributed by atoms with Crippen LogP contribution in [-0.4, -0.2) is 47.5 Å². The van der Waals surface area contributed by atoms with Crippen molar-refractivity contribution in [2.45, 2.75) is 43.3 Å². The number of aromatic nitrogens is 1. The second-order valence-corrected chi connectivity index (χ2v) is 8.52. The maximum absolute atomic E-state index is 14.2. The molecule has 154 valence electrons. The normalized spacial score (nSPS) is 23.9. The third-order valence-corrected chi connectivity index (χ3v) is 6.69. The first kappa shape index (κ1) is 19.0. The van der Waals surface area contributed by atoms with Crippen molar-refractivity contribution in [1.82, 2.24) is 15.2 Å². The Morgan fingerprint density at radius 2 is 1.93 bits per heavy atom. The van der Waals surface area contributed by atoms with Crippen LogP contribution in [0.2, 0.25) is 0 Å². The minimum absolute atomic E-state index is 0.0713. The Balaban J connectivity index is 1.23. The number of nitrogens with zero attached hydrogens (tertiary/aromatic N) is 4. The van der Waals surface area contributed by atoms with Crippen molar-refractivity contribution in [3.8, 4) is 6.07 Å². The van der Waals surface area contributed by atoms with E-state index in [-0.39, 0.29) is 30.4 Å². The number of benzene rings is 1. The molecule has 7 heteroatoms.